The summed E-state index contributed by atoms with van der Waals surface area (Å²) in [6, 6.07) is 9.67. The zero-order valence-electron chi connectivity index (χ0n) is 11.8. The quantitative estimate of drug-likeness (QED) is 0.873. The Morgan fingerprint density at radius 2 is 1.80 bits per heavy atom. The Balaban J connectivity index is 1.91. The fourth-order valence-corrected chi connectivity index (χ4v) is 4.39. The molecule has 2 rings (SSSR count). The molecule has 1 atom stereocenters. The molecule has 0 amide bonds. The van der Waals surface area contributed by atoms with Gasteiger partial charge in [-0.25, -0.2) is 13.1 Å². The van der Waals surface area contributed by atoms with Crippen molar-refractivity contribution in [1.82, 2.24) is 4.72 Å². The molecule has 4 nitrogen and oxygen atoms in total. The first-order valence-electron chi connectivity index (χ1n) is 7.19. The van der Waals surface area contributed by atoms with Crippen LogP contribution in [0.2, 0.25) is 0 Å². The van der Waals surface area contributed by atoms with E-state index in [1.165, 1.54) is 0 Å². The van der Waals surface area contributed by atoms with Gasteiger partial charge in [-0.05, 0) is 37.2 Å². The van der Waals surface area contributed by atoms with Crippen LogP contribution in [-0.2, 0) is 10.0 Å². The number of rotatable bonds is 5. The predicted molar refractivity (Wildman–Crippen MR) is 80.0 cm³/mol. The highest BCUT2D eigenvalue weighted by molar-refractivity contribution is 7.89. The van der Waals surface area contributed by atoms with Crippen LogP contribution in [0, 0.1) is 0 Å². The second kappa shape index (κ2) is 6.70. The Morgan fingerprint density at radius 1 is 1.20 bits per heavy atom. The molecule has 0 heterocycles. The predicted octanol–water partition coefficient (Wildman–Crippen LogP) is 2.01. The van der Waals surface area contributed by atoms with Crippen LogP contribution in [-0.4, -0.2) is 31.4 Å². The van der Waals surface area contributed by atoms with E-state index < -0.39 is 10.0 Å². The van der Waals surface area contributed by atoms with Crippen molar-refractivity contribution >= 4 is 10.0 Å². The standard InChI is InChI=1S/C15H23NO3S/c1-12(13-5-3-2-4-6-13)11-20(18,19)16-14-7-9-15(17)10-8-14/h2-6,12,14-17H,7-11H2,1H3. The van der Waals surface area contributed by atoms with Crippen molar-refractivity contribution in [3.8, 4) is 0 Å². The van der Waals surface area contributed by atoms with Gasteiger partial charge in [0.1, 0.15) is 0 Å². The average molecular weight is 297 g/mol. The van der Waals surface area contributed by atoms with E-state index in [0.29, 0.717) is 12.8 Å². The summed E-state index contributed by atoms with van der Waals surface area (Å²) in [5.74, 6) is 0.0821. The molecular weight excluding hydrogens is 274 g/mol. The number of aliphatic hydroxyl groups is 1. The number of hydrogen-bond donors (Lipinski definition) is 2. The number of hydrogen-bond acceptors (Lipinski definition) is 3. The van der Waals surface area contributed by atoms with Gasteiger partial charge in [0.25, 0.3) is 0 Å². The van der Waals surface area contributed by atoms with Gasteiger partial charge in [0.2, 0.25) is 10.0 Å². The summed E-state index contributed by atoms with van der Waals surface area (Å²) in [6.45, 7) is 1.93. The molecule has 20 heavy (non-hydrogen) atoms. The van der Waals surface area contributed by atoms with Crippen LogP contribution in [0.1, 0.15) is 44.1 Å². The summed E-state index contributed by atoms with van der Waals surface area (Å²) in [7, 11) is -3.28. The molecule has 1 aromatic carbocycles. The van der Waals surface area contributed by atoms with Gasteiger partial charge in [0.05, 0.1) is 11.9 Å². The Kier molecular flexibility index (Phi) is 5.18. The van der Waals surface area contributed by atoms with Gasteiger partial charge in [-0.2, -0.15) is 0 Å². The van der Waals surface area contributed by atoms with Crippen molar-refractivity contribution in [3.05, 3.63) is 35.9 Å². The zero-order chi connectivity index (χ0) is 14.6. The van der Waals surface area contributed by atoms with Gasteiger partial charge in [-0.3, -0.25) is 0 Å². The minimum absolute atomic E-state index is 0.0219. The number of aliphatic hydroxyl groups excluding tert-OH is 1. The zero-order valence-corrected chi connectivity index (χ0v) is 12.6. The highest BCUT2D eigenvalue weighted by Gasteiger charge is 2.25. The molecule has 1 aliphatic carbocycles. The van der Waals surface area contributed by atoms with E-state index >= 15 is 0 Å². The molecule has 0 saturated heterocycles. The molecule has 0 radical (unpaired) electrons. The minimum Gasteiger partial charge on any atom is -0.393 e. The van der Waals surface area contributed by atoms with E-state index in [2.05, 4.69) is 4.72 Å². The maximum Gasteiger partial charge on any atom is 0.212 e. The monoisotopic (exact) mass is 297 g/mol. The third-order valence-corrected chi connectivity index (χ3v) is 5.51. The molecule has 0 spiro atoms. The average Bonchev–Trinajstić information content (AvgIpc) is 2.41. The van der Waals surface area contributed by atoms with Crippen LogP contribution >= 0.6 is 0 Å². The van der Waals surface area contributed by atoms with Crippen LogP contribution < -0.4 is 4.72 Å². The molecule has 5 heteroatoms. The molecule has 1 aromatic rings. The lowest BCUT2D eigenvalue weighted by atomic mass is 9.94. The number of nitrogens with one attached hydrogen (secondary N) is 1. The summed E-state index contributed by atoms with van der Waals surface area (Å²) in [6.07, 6.45) is 2.54. The van der Waals surface area contributed by atoms with E-state index in [-0.39, 0.29) is 23.8 Å². The van der Waals surface area contributed by atoms with Crippen LogP contribution in [0.25, 0.3) is 0 Å². The van der Waals surface area contributed by atoms with E-state index in [0.717, 1.165) is 18.4 Å². The highest BCUT2D eigenvalue weighted by atomic mass is 32.2. The summed E-state index contributed by atoms with van der Waals surface area (Å²) in [4.78, 5) is 0. The first kappa shape index (κ1) is 15.5. The van der Waals surface area contributed by atoms with E-state index in [9.17, 15) is 13.5 Å². The molecule has 112 valence electrons. The lowest BCUT2D eigenvalue weighted by molar-refractivity contribution is 0.120. The first-order valence-corrected chi connectivity index (χ1v) is 8.84. The molecule has 1 fully saturated rings. The van der Waals surface area contributed by atoms with Gasteiger partial charge in [-0.1, -0.05) is 37.3 Å². The second-order valence-electron chi connectivity index (χ2n) is 5.72. The van der Waals surface area contributed by atoms with Crippen LogP contribution in [0.5, 0.6) is 0 Å². The van der Waals surface area contributed by atoms with Gasteiger partial charge < -0.3 is 5.11 Å². The van der Waals surface area contributed by atoms with Crippen molar-refractivity contribution in [2.24, 2.45) is 0 Å². The SMILES string of the molecule is CC(CS(=O)(=O)NC1CCC(O)CC1)c1ccccc1. The van der Waals surface area contributed by atoms with Crippen molar-refractivity contribution in [3.63, 3.8) is 0 Å². The summed E-state index contributed by atoms with van der Waals surface area (Å²) in [5, 5.41) is 9.44. The summed E-state index contributed by atoms with van der Waals surface area (Å²) in [5.41, 5.74) is 1.04. The van der Waals surface area contributed by atoms with E-state index in [1.54, 1.807) is 0 Å². The van der Waals surface area contributed by atoms with Crippen LogP contribution in [0.15, 0.2) is 30.3 Å². The molecule has 2 N–H and O–H groups in total. The lowest BCUT2D eigenvalue weighted by Crippen LogP contribution is -2.40. The highest BCUT2D eigenvalue weighted by Crippen LogP contribution is 2.21. The Hall–Kier alpha value is -0.910. The van der Waals surface area contributed by atoms with Crippen LogP contribution in [0.4, 0.5) is 0 Å². The molecule has 1 aliphatic rings. The summed E-state index contributed by atoms with van der Waals surface area (Å²) < 4.78 is 27.2. The molecule has 0 aromatic heterocycles. The smallest absolute Gasteiger partial charge is 0.212 e. The molecule has 1 saturated carbocycles. The fourth-order valence-electron chi connectivity index (χ4n) is 2.70. The molecule has 0 bridgehead atoms. The van der Waals surface area contributed by atoms with E-state index in [1.807, 2.05) is 37.3 Å². The Bertz CT molecular complexity index is 507. The molecular formula is C15H23NO3S. The third-order valence-electron chi connectivity index (χ3n) is 3.88. The fraction of sp³-hybridized carbons (Fsp3) is 0.600. The third kappa shape index (κ3) is 4.58. The number of benzene rings is 1. The maximum absolute atomic E-state index is 12.2. The lowest BCUT2D eigenvalue weighted by Gasteiger charge is -2.26. The van der Waals surface area contributed by atoms with Gasteiger partial charge >= 0.3 is 0 Å². The largest absolute Gasteiger partial charge is 0.393 e. The van der Waals surface area contributed by atoms with E-state index in [4.69, 9.17) is 0 Å². The molecule has 1 unspecified atom stereocenters. The second-order valence-corrected chi connectivity index (χ2v) is 7.51. The minimum atomic E-state index is -3.28. The van der Waals surface area contributed by atoms with Gasteiger partial charge in [-0.15, -0.1) is 0 Å². The van der Waals surface area contributed by atoms with Crippen molar-refractivity contribution in [2.45, 2.75) is 50.7 Å². The Labute approximate surface area is 121 Å². The topological polar surface area (TPSA) is 66.4 Å². The van der Waals surface area contributed by atoms with Crippen molar-refractivity contribution < 1.29 is 13.5 Å². The van der Waals surface area contributed by atoms with Gasteiger partial charge in [0.15, 0.2) is 0 Å². The Morgan fingerprint density at radius 3 is 2.40 bits per heavy atom. The summed E-state index contributed by atoms with van der Waals surface area (Å²) >= 11 is 0. The van der Waals surface area contributed by atoms with Crippen molar-refractivity contribution in [1.29, 1.82) is 0 Å². The normalized spacial score (nSPS) is 25.3. The van der Waals surface area contributed by atoms with Gasteiger partial charge in [0, 0.05) is 6.04 Å². The van der Waals surface area contributed by atoms with Crippen LogP contribution in [0.3, 0.4) is 0 Å². The first-order chi connectivity index (χ1) is 9.46. The van der Waals surface area contributed by atoms with Crippen molar-refractivity contribution in [2.75, 3.05) is 5.75 Å². The molecule has 0 aliphatic heterocycles. The number of sulfonamides is 1. The maximum atomic E-state index is 12.2.